The van der Waals surface area contributed by atoms with Gasteiger partial charge in [0.1, 0.15) is 10.8 Å². The van der Waals surface area contributed by atoms with Crippen LogP contribution in [-0.4, -0.2) is 83.7 Å². The van der Waals surface area contributed by atoms with Crippen LogP contribution >= 0.6 is 11.6 Å². The van der Waals surface area contributed by atoms with Gasteiger partial charge in [0.15, 0.2) is 5.82 Å². The predicted octanol–water partition coefficient (Wildman–Crippen LogP) is 3.13. The fourth-order valence-corrected chi connectivity index (χ4v) is 5.64. The average molecular weight is 567 g/mol. The highest BCUT2D eigenvalue weighted by Crippen LogP contribution is 2.37. The molecule has 0 amide bonds. The Morgan fingerprint density at radius 1 is 1.24 bits per heavy atom. The zero-order valence-corrected chi connectivity index (χ0v) is 23.7. The highest BCUT2D eigenvalue weighted by atomic mass is 35.5. The molecule has 2 heterocycles. The van der Waals surface area contributed by atoms with E-state index < -0.39 is 11.3 Å². The van der Waals surface area contributed by atoms with Gasteiger partial charge in [0.2, 0.25) is 5.95 Å². The second-order valence-electron chi connectivity index (χ2n) is 9.77. The lowest BCUT2D eigenvalue weighted by atomic mass is 9.84. The van der Waals surface area contributed by atoms with Crippen molar-refractivity contribution < 1.29 is 18.2 Å². The molecule has 1 aliphatic heterocycles. The lowest BCUT2D eigenvalue weighted by molar-refractivity contribution is 0.147. The molecule has 3 N–H and O–H groups in total. The summed E-state index contributed by atoms with van der Waals surface area (Å²) in [4.78, 5) is 13.7. The Kier molecular flexibility index (Phi) is 10.4. The molecule has 1 saturated carbocycles. The average Bonchev–Trinajstić information content (AvgIpc) is 3.06. The molecule has 2 aromatic rings. The van der Waals surface area contributed by atoms with E-state index in [1.807, 2.05) is 0 Å². The number of ether oxygens (including phenoxy) is 2. The van der Waals surface area contributed by atoms with Gasteiger partial charge >= 0.3 is 0 Å². The minimum Gasteiger partial charge on any atom is -0.760 e. The summed E-state index contributed by atoms with van der Waals surface area (Å²) in [5, 5.41) is 7.17. The largest absolute Gasteiger partial charge is 0.760 e. The molecular formula is C25H37ClN7O4S-. The van der Waals surface area contributed by atoms with Crippen molar-refractivity contribution in [2.45, 2.75) is 38.3 Å². The third kappa shape index (κ3) is 7.45. The Morgan fingerprint density at radius 3 is 2.82 bits per heavy atom. The van der Waals surface area contributed by atoms with Crippen molar-refractivity contribution in [1.29, 1.82) is 0 Å². The van der Waals surface area contributed by atoms with Crippen LogP contribution in [-0.2, 0) is 22.5 Å². The lowest BCUT2D eigenvalue weighted by Crippen LogP contribution is -2.39. The number of nitrogens with zero attached hydrogens (tertiary/aromatic N) is 4. The van der Waals surface area contributed by atoms with Crippen molar-refractivity contribution in [2.24, 2.45) is 5.92 Å². The van der Waals surface area contributed by atoms with Crippen molar-refractivity contribution >= 4 is 46.0 Å². The fraction of sp³-hybridized carbons (Fsp3) is 0.600. The second kappa shape index (κ2) is 13.7. The van der Waals surface area contributed by atoms with Gasteiger partial charge in [0.25, 0.3) is 0 Å². The summed E-state index contributed by atoms with van der Waals surface area (Å²) in [7, 11) is 5.47. The van der Waals surface area contributed by atoms with Crippen LogP contribution in [0.1, 0.15) is 31.2 Å². The van der Waals surface area contributed by atoms with Gasteiger partial charge in [-0.3, -0.25) is 9.11 Å². The van der Waals surface area contributed by atoms with E-state index in [0.29, 0.717) is 35.7 Å². The van der Waals surface area contributed by atoms with E-state index in [0.717, 1.165) is 63.2 Å². The zero-order chi connectivity index (χ0) is 27.1. The van der Waals surface area contributed by atoms with Gasteiger partial charge in [0.05, 0.1) is 25.6 Å². The number of hydrogen-bond acceptors (Lipinski definition) is 10. The van der Waals surface area contributed by atoms with E-state index in [9.17, 15) is 8.76 Å². The molecule has 1 aromatic carbocycles. The van der Waals surface area contributed by atoms with Crippen LogP contribution in [0.3, 0.4) is 0 Å². The van der Waals surface area contributed by atoms with Crippen LogP contribution < -0.4 is 25.0 Å². The molecule has 2 aliphatic rings. The van der Waals surface area contributed by atoms with Gasteiger partial charge in [-0.05, 0) is 36.5 Å². The maximum absolute atomic E-state index is 11.0. The third-order valence-electron chi connectivity index (χ3n) is 7.25. The van der Waals surface area contributed by atoms with Crippen molar-refractivity contribution in [3.05, 3.63) is 28.9 Å². The van der Waals surface area contributed by atoms with Crippen molar-refractivity contribution in [1.82, 2.24) is 19.6 Å². The van der Waals surface area contributed by atoms with Gasteiger partial charge in [-0.15, -0.1) is 0 Å². The SMILES string of the molecule is COCCN1CCN(C)c2cc(Nc3ncc(Cl)c(N[C@@H]4CCCC[C@@H]4CNS(=O)[O-])n3)c(OC)cc2C1. The molecule has 4 rings (SSSR count). The number of halogens is 1. The molecule has 210 valence electrons. The molecule has 11 nitrogen and oxygen atoms in total. The molecule has 0 saturated heterocycles. The molecule has 1 fully saturated rings. The maximum atomic E-state index is 11.0. The van der Waals surface area contributed by atoms with E-state index in [1.165, 1.54) is 5.56 Å². The van der Waals surface area contributed by atoms with Crippen LogP contribution in [0.25, 0.3) is 0 Å². The van der Waals surface area contributed by atoms with Gasteiger partial charge in [-0.25, -0.2) is 9.71 Å². The number of benzene rings is 1. The molecule has 3 atom stereocenters. The molecule has 1 aromatic heterocycles. The first-order valence-corrected chi connectivity index (χ1v) is 14.4. The summed E-state index contributed by atoms with van der Waals surface area (Å²) in [6.07, 6.45) is 5.53. The molecule has 0 radical (unpaired) electrons. The Balaban J connectivity index is 1.54. The number of anilines is 4. The summed E-state index contributed by atoms with van der Waals surface area (Å²) >= 11 is 4.18. The highest BCUT2D eigenvalue weighted by Gasteiger charge is 2.26. The summed E-state index contributed by atoms with van der Waals surface area (Å²) in [6, 6.07) is 4.19. The smallest absolute Gasteiger partial charge is 0.229 e. The Bertz CT molecular complexity index is 1110. The van der Waals surface area contributed by atoms with E-state index in [4.69, 9.17) is 21.1 Å². The van der Waals surface area contributed by atoms with Crippen LogP contribution in [0, 0.1) is 5.92 Å². The minimum absolute atomic E-state index is 0.0526. The molecule has 13 heteroatoms. The van der Waals surface area contributed by atoms with Crippen LogP contribution in [0.5, 0.6) is 5.75 Å². The highest BCUT2D eigenvalue weighted by molar-refractivity contribution is 7.77. The summed E-state index contributed by atoms with van der Waals surface area (Å²) in [6.45, 7) is 4.58. The number of rotatable bonds is 11. The topological polar surface area (TPSA) is 127 Å². The first kappa shape index (κ1) is 28.8. The molecule has 0 bridgehead atoms. The molecule has 0 spiro atoms. The third-order valence-corrected chi connectivity index (χ3v) is 7.93. The van der Waals surface area contributed by atoms with E-state index in [1.54, 1.807) is 20.4 Å². The lowest BCUT2D eigenvalue weighted by Gasteiger charge is -2.33. The van der Waals surface area contributed by atoms with Gasteiger partial charge in [-0.2, -0.15) is 4.98 Å². The van der Waals surface area contributed by atoms with Gasteiger partial charge in [-0.1, -0.05) is 24.4 Å². The number of hydrogen-bond donors (Lipinski definition) is 3. The van der Waals surface area contributed by atoms with Crippen molar-refractivity contribution in [3.63, 3.8) is 0 Å². The van der Waals surface area contributed by atoms with Crippen molar-refractivity contribution in [3.8, 4) is 5.75 Å². The Labute approximate surface area is 232 Å². The van der Waals surface area contributed by atoms with Crippen LogP contribution in [0.15, 0.2) is 18.3 Å². The quantitative estimate of drug-likeness (QED) is 0.349. The van der Waals surface area contributed by atoms with Crippen LogP contribution in [0.2, 0.25) is 5.02 Å². The normalized spacial score (nSPS) is 20.9. The van der Waals surface area contributed by atoms with Gasteiger partial charge < -0.3 is 29.6 Å². The standard InChI is InChI=1S/C25H38ClN7O4S/c1-32-8-9-33(10-11-36-2)16-18-12-23(37-3)21(13-22(18)32)30-25-27-15-19(26)24(31-25)29-20-7-5-4-6-17(20)14-28-38(34)35/h12-13,15,17,20,28H,4-11,14,16H2,1-3H3,(H,34,35)(H2,27,29,30,31)/p-1/t17-,20-/m1/s1. The number of likely N-dealkylation sites (N-methyl/N-ethyl adjacent to an activating group) is 1. The fourth-order valence-electron chi connectivity index (χ4n) is 5.14. The van der Waals surface area contributed by atoms with E-state index in [-0.39, 0.29) is 12.0 Å². The Hall–Kier alpha value is -2.22. The number of nitrogens with one attached hydrogen (secondary N) is 3. The number of fused-ring (bicyclic) bond motifs is 1. The first-order valence-electron chi connectivity index (χ1n) is 12.9. The van der Waals surface area contributed by atoms with Crippen molar-refractivity contribution in [2.75, 3.05) is 69.6 Å². The number of aromatic nitrogens is 2. The molecule has 1 unspecified atom stereocenters. The second-order valence-corrected chi connectivity index (χ2v) is 10.9. The molecular weight excluding hydrogens is 530 g/mol. The van der Waals surface area contributed by atoms with Crippen LogP contribution in [0.4, 0.5) is 23.1 Å². The zero-order valence-electron chi connectivity index (χ0n) is 22.2. The first-order chi connectivity index (χ1) is 18.4. The van der Waals surface area contributed by atoms with E-state index >= 15 is 0 Å². The number of methoxy groups -OCH3 is 2. The van der Waals surface area contributed by atoms with E-state index in [2.05, 4.69) is 54.3 Å². The summed E-state index contributed by atoms with van der Waals surface area (Å²) in [5.74, 6) is 1.75. The predicted molar refractivity (Wildman–Crippen MR) is 150 cm³/mol. The maximum Gasteiger partial charge on any atom is 0.229 e. The Morgan fingerprint density at radius 2 is 2.05 bits per heavy atom. The minimum atomic E-state index is -2.28. The monoisotopic (exact) mass is 566 g/mol. The van der Waals surface area contributed by atoms with Gasteiger partial charge in [0, 0.05) is 69.9 Å². The summed E-state index contributed by atoms with van der Waals surface area (Å²) < 4.78 is 35.6. The molecule has 1 aliphatic carbocycles. The molecule has 38 heavy (non-hydrogen) atoms. The summed E-state index contributed by atoms with van der Waals surface area (Å²) in [5.41, 5.74) is 3.06.